The first-order valence-corrected chi connectivity index (χ1v) is 8.45. The van der Waals surface area contributed by atoms with Gasteiger partial charge < -0.3 is 10.2 Å². The van der Waals surface area contributed by atoms with Gasteiger partial charge in [-0.3, -0.25) is 9.59 Å². The Morgan fingerprint density at radius 1 is 1.21 bits per heavy atom. The average molecular weight is 329 g/mol. The average Bonchev–Trinajstić information content (AvgIpc) is 2.54. The molecule has 0 heterocycles. The van der Waals surface area contributed by atoms with E-state index < -0.39 is 0 Å². The summed E-state index contributed by atoms with van der Waals surface area (Å²) in [5.41, 5.74) is 3.11. The van der Waals surface area contributed by atoms with Crippen LogP contribution in [0.25, 0.3) is 0 Å². The lowest BCUT2D eigenvalue weighted by Crippen LogP contribution is -2.32. The summed E-state index contributed by atoms with van der Waals surface area (Å²) in [5, 5.41) is 11.6. The van der Waals surface area contributed by atoms with Gasteiger partial charge in [-0.05, 0) is 43.9 Å². The third-order valence-corrected chi connectivity index (χ3v) is 4.06. The molecule has 0 saturated heterocycles. The van der Waals surface area contributed by atoms with Crippen LogP contribution >= 0.6 is 0 Å². The highest BCUT2D eigenvalue weighted by Gasteiger charge is 2.17. The van der Waals surface area contributed by atoms with Crippen LogP contribution in [0.3, 0.4) is 0 Å². The number of nitriles is 1. The van der Waals surface area contributed by atoms with Crippen LogP contribution in [0, 0.1) is 25.2 Å². The fourth-order valence-corrected chi connectivity index (χ4v) is 2.55. The molecular formula is C19H27N3O2. The number of benzene rings is 1. The Balaban J connectivity index is 2.61. The summed E-state index contributed by atoms with van der Waals surface area (Å²) in [6, 6.07) is 8.02. The second-order valence-corrected chi connectivity index (χ2v) is 5.97. The molecule has 0 atom stereocenters. The lowest BCUT2D eigenvalue weighted by Gasteiger charge is -2.24. The number of hydrogen-bond acceptors (Lipinski definition) is 3. The second-order valence-electron chi connectivity index (χ2n) is 5.97. The second kappa shape index (κ2) is 10.4. The molecular weight excluding hydrogens is 302 g/mol. The van der Waals surface area contributed by atoms with Crippen molar-refractivity contribution in [1.82, 2.24) is 5.32 Å². The van der Waals surface area contributed by atoms with Crippen molar-refractivity contribution in [2.24, 2.45) is 0 Å². The fraction of sp³-hybridized carbons (Fsp3) is 0.526. The molecule has 24 heavy (non-hydrogen) atoms. The molecule has 0 aliphatic heterocycles. The van der Waals surface area contributed by atoms with Crippen LogP contribution in [0.4, 0.5) is 5.69 Å². The molecule has 1 aromatic carbocycles. The zero-order valence-corrected chi connectivity index (χ0v) is 14.9. The minimum Gasteiger partial charge on any atom is -0.356 e. The van der Waals surface area contributed by atoms with Gasteiger partial charge >= 0.3 is 0 Å². The van der Waals surface area contributed by atoms with Crippen LogP contribution in [-0.2, 0) is 9.59 Å². The molecule has 0 fully saturated rings. The maximum atomic E-state index is 12.6. The van der Waals surface area contributed by atoms with Crippen molar-refractivity contribution >= 4 is 17.5 Å². The Labute approximate surface area is 144 Å². The number of nitrogens with zero attached hydrogens (tertiary/aromatic N) is 2. The Bertz CT molecular complexity index is 605. The van der Waals surface area contributed by atoms with Gasteiger partial charge in [0.2, 0.25) is 11.8 Å². The highest BCUT2D eigenvalue weighted by Crippen LogP contribution is 2.24. The number of aryl methyl sites for hydroxylation is 1. The summed E-state index contributed by atoms with van der Waals surface area (Å²) in [5.74, 6) is 0.0298. The molecule has 0 aromatic heterocycles. The largest absolute Gasteiger partial charge is 0.356 e. The van der Waals surface area contributed by atoms with E-state index in [1.54, 1.807) is 4.90 Å². The molecule has 0 spiro atoms. The van der Waals surface area contributed by atoms with Crippen LogP contribution in [-0.4, -0.2) is 24.9 Å². The fourth-order valence-electron chi connectivity index (χ4n) is 2.55. The lowest BCUT2D eigenvalue weighted by atomic mass is 10.1. The molecule has 0 bridgehead atoms. The Kier molecular flexibility index (Phi) is 8.56. The topological polar surface area (TPSA) is 73.2 Å². The molecule has 2 amide bonds. The molecule has 0 unspecified atom stereocenters. The zero-order chi connectivity index (χ0) is 17.9. The van der Waals surface area contributed by atoms with Crippen molar-refractivity contribution in [3.8, 4) is 6.07 Å². The van der Waals surface area contributed by atoms with Crippen LogP contribution < -0.4 is 10.2 Å². The third-order valence-electron chi connectivity index (χ3n) is 4.06. The van der Waals surface area contributed by atoms with Gasteiger partial charge in [0.05, 0.1) is 12.5 Å². The molecule has 1 aromatic rings. The smallest absolute Gasteiger partial charge is 0.227 e. The molecule has 5 nitrogen and oxygen atoms in total. The Hall–Kier alpha value is -2.35. The van der Waals surface area contributed by atoms with Crippen molar-refractivity contribution in [3.63, 3.8) is 0 Å². The van der Waals surface area contributed by atoms with E-state index in [1.165, 1.54) is 6.92 Å². The number of amides is 2. The first-order valence-electron chi connectivity index (χ1n) is 8.45. The standard InChI is InChI=1S/C19H27N3O2/c1-15-9-7-10-18(16(15)2)22(14-8-12-20)19(24)11-5-4-6-13-21-17(3)23/h7,9-10H,4-6,8,11,13-14H2,1-3H3,(H,21,23). The number of anilines is 1. The van der Waals surface area contributed by atoms with Crippen LogP contribution in [0.5, 0.6) is 0 Å². The summed E-state index contributed by atoms with van der Waals surface area (Å²) in [7, 11) is 0. The number of carbonyl (C=O) groups excluding carboxylic acids is 2. The van der Waals surface area contributed by atoms with E-state index in [4.69, 9.17) is 5.26 Å². The van der Waals surface area contributed by atoms with Gasteiger partial charge in [-0.1, -0.05) is 18.6 Å². The highest BCUT2D eigenvalue weighted by atomic mass is 16.2. The van der Waals surface area contributed by atoms with Crippen LogP contribution in [0.2, 0.25) is 0 Å². The normalized spacial score (nSPS) is 10.1. The lowest BCUT2D eigenvalue weighted by molar-refractivity contribution is -0.119. The number of rotatable bonds is 9. The predicted molar refractivity (Wildman–Crippen MR) is 95.7 cm³/mol. The van der Waals surface area contributed by atoms with Gasteiger partial charge in [-0.2, -0.15) is 5.26 Å². The molecule has 1 N–H and O–H groups in total. The van der Waals surface area contributed by atoms with Gasteiger partial charge in [0, 0.05) is 32.1 Å². The monoisotopic (exact) mass is 329 g/mol. The molecule has 1 rings (SSSR count). The summed E-state index contributed by atoms with van der Waals surface area (Å²) in [4.78, 5) is 25.1. The van der Waals surface area contributed by atoms with E-state index in [0.29, 0.717) is 25.9 Å². The summed E-state index contributed by atoms with van der Waals surface area (Å²) < 4.78 is 0. The third kappa shape index (κ3) is 6.41. The van der Waals surface area contributed by atoms with E-state index >= 15 is 0 Å². The van der Waals surface area contributed by atoms with Gasteiger partial charge in [0.1, 0.15) is 0 Å². The molecule has 0 radical (unpaired) electrons. The van der Waals surface area contributed by atoms with Crippen molar-refractivity contribution in [2.75, 3.05) is 18.0 Å². The van der Waals surface area contributed by atoms with E-state index in [1.807, 2.05) is 32.0 Å². The minimum atomic E-state index is -0.0244. The number of unbranched alkanes of at least 4 members (excludes halogenated alkanes) is 2. The Morgan fingerprint density at radius 2 is 1.96 bits per heavy atom. The van der Waals surface area contributed by atoms with E-state index in [0.717, 1.165) is 36.1 Å². The first kappa shape index (κ1) is 19.7. The maximum absolute atomic E-state index is 12.6. The van der Waals surface area contributed by atoms with E-state index in [-0.39, 0.29) is 11.8 Å². The summed E-state index contributed by atoms with van der Waals surface area (Å²) in [6.07, 6.45) is 3.33. The van der Waals surface area contributed by atoms with Crippen molar-refractivity contribution in [2.45, 2.75) is 52.9 Å². The Morgan fingerprint density at radius 3 is 2.62 bits per heavy atom. The highest BCUT2D eigenvalue weighted by molar-refractivity contribution is 5.94. The van der Waals surface area contributed by atoms with Gasteiger partial charge in [0.25, 0.3) is 0 Å². The van der Waals surface area contributed by atoms with Crippen molar-refractivity contribution in [1.29, 1.82) is 5.26 Å². The van der Waals surface area contributed by atoms with Gasteiger partial charge in [-0.15, -0.1) is 0 Å². The number of carbonyl (C=O) groups is 2. The quantitative estimate of drug-likeness (QED) is 0.707. The van der Waals surface area contributed by atoms with Crippen LogP contribution in [0.15, 0.2) is 18.2 Å². The SMILES string of the molecule is CC(=O)NCCCCCC(=O)N(CCC#N)c1cccc(C)c1C. The number of hydrogen-bond donors (Lipinski definition) is 1. The van der Waals surface area contributed by atoms with E-state index in [2.05, 4.69) is 11.4 Å². The summed E-state index contributed by atoms with van der Waals surface area (Å²) >= 11 is 0. The van der Waals surface area contributed by atoms with Crippen LogP contribution in [0.1, 0.15) is 50.2 Å². The van der Waals surface area contributed by atoms with Crippen molar-refractivity contribution < 1.29 is 9.59 Å². The first-order chi connectivity index (χ1) is 11.5. The number of nitrogens with one attached hydrogen (secondary N) is 1. The zero-order valence-electron chi connectivity index (χ0n) is 14.9. The summed E-state index contributed by atoms with van der Waals surface area (Å²) in [6.45, 7) is 6.60. The maximum Gasteiger partial charge on any atom is 0.227 e. The van der Waals surface area contributed by atoms with Crippen molar-refractivity contribution in [3.05, 3.63) is 29.3 Å². The molecule has 0 saturated carbocycles. The van der Waals surface area contributed by atoms with E-state index in [9.17, 15) is 9.59 Å². The van der Waals surface area contributed by atoms with Gasteiger partial charge in [0.15, 0.2) is 0 Å². The molecule has 130 valence electrons. The minimum absolute atomic E-state index is 0.0244. The molecule has 5 heteroatoms. The predicted octanol–water partition coefficient (Wildman–Crippen LogP) is 3.25. The van der Waals surface area contributed by atoms with Gasteiger partial charge in [-0.25, -0.2) is 0 Å². The molecule has 0 aliphatic rings. The molecule has 0 aliphatic carbocycles.